The summed E-state index contributed by atoms with van der Waals surface area (Å²) in [4.78, 5) is 3.79. The minimum atomic E-state index is -0.491. The molecule has 0 radical (unpaired) electrons. The summed E-state index contributed by atoms with van der Waals surface area (Å²) in [5, 5.41) is 3.12. The lowest BCUT2D eigenvalue weighted by Gasteiger charge is -2.24. The van der Waals surface area contributed by atoms with Gasteiger partial charge in [-0.25, -0.2) is 4.98 Å². The average Bonchev–Trinajstić information content (AvgIpc) is 2.36. The van der Waals surface area contributed by atoms with Gasteiger partial charge < -0.3 is 10.1 Å². The van der Waals surface area contributed by atoms with Crippen LogP contribution >= 0.6 is 0 Å². The summed E-state index contributed by atoms with van der Waals surface area (Å²) in [7, 11) is 0. The van der Waals surface area contributed by atoms with Crippen LogP contribution in [0.1, 0.15) is 31.9 Å². The lowest BCUT2D eigenvalue weighted by atomic mass is 10.1. The SMILES string of the molecule is Cc1ccc(CNc2cccc(F)n2)c(OC(C)(C)C)c1. The van der Waals surface area contributed by atoms with Gasteiger partial charge in [-0.1, -0.05) is 18.2 Å². The lowest BCUT2D eigenvalue weighted by Crippen LogP contribution is -2.24. The molecule has 1 aromatic heterocycles. The number of hydrogen-bond acceptors (Lipinski definition) is 3. The highest BCUT2D eigenvalue weighted by molar-refractivity contribution is 5.41. The molecule has 4 heteroatoms. The molecule has 0 spiro atoms. The number of benzene rings is 1. The molecule has 0 aliphatic heterocycles. The average molecular weight is 288 g/mol. The molecule has 0 bridgehead atoms. The number of anilines is 1. The Bertz CT molecular complexity index is 620. The van der Waals surface area contributed by atoms with Gasteiger partial charge in [0.15, 0.2) is 0 Å². The largest absolute Gasteiger partial charge is 0.488 e. The number of pyridine rings is 1. The van der Waals surface area contributed by atoms with Crippen molar-refractivity contribution in [1.29, 1.82) is 0 Å². The molecule has 2 aromatic rings. The Kier molecular flexibility index (Phi) is 4.46. The van der Waals surface area contributed by atoms with E-state index < -0.39 is 5.95 Å². The van der Waals surface area contributed by atoms with Crippen LogP contribution in [-0.4, -0.2) is 10.6 Å². The third kappa shape index (κ3) is 4.74. The molecule has 0 aliphatic rings. The Morgan fingerprint density at radius 2 is 1.95 bits per heavy atom. The zero-order valence-corrected chi connectivity index (χ0v) is 12.9. The highest BCUT2D eigenvalue weighted by Gasteiger charge is 2.14. The molecule has 3 nitrogen and oxygen atoms in total. The predicted octanol–water partition coefficient (Wildman–Crippen LogP) is 4.32. The number of aromatic nitrogens is 1. The number of halogens is 1. The van der Waals surface area contributed by atoms with Crippen molar-refractivity contribution in [2.75, 3.05) is 5.32 Å². The highest BCUT2D eigenvalue weighted by atomic mass is 19.1. The summed E-state index contributed by atoms with van der Waals surface area (Å²) in [5.74, 6) is 0.860. The summed E-state index contributed by atoms with van der Waals surface area (Å²) >= 11 is 0. The minimum absolute atomic E-state index is 0.264. The second-order valence-electron chi connectivity index (χ2n) is 6.02. The maximum Gasteiger partial charge on any atom is 0.214 e. The van der Waals surface area contributed by atoms with Crippen LogP contribution in [0.3, 0.4) is 0 Å². The van der Waals surface area contributed by atoms with Gasteiger partial charge in [0.2, 0.25) is 5.95 Å². The fourth-order valence-electron chi connectivity index (χ4n) is 1.93. The van der Waals surface area contributed by atoms with Gasteiger partial charge in [-0.15, -0.1) is 0 Å². The van der Waals surface area contributed by atoms with Gasteiger partial charge in [0.25, 0.3) is 0 Å². The second kappa shape index (κ2) is 6.12. The Balaban J connectivity index is 2.15. The van der Waals surface area contributed by atoms with Crippen molar-refractivity contribution in [3.63, 3.8) is 0 Å². The quantitative estimate of drug-likeness (QED) is 0.851. The molecule has 112 valence electrons. The third-order valence-electron chi connectivity index (χ3n) is 2.81. The summed E-state index contributed by atoms with van der Waals surface area (Å²) in [5.41, 5.74) is 1.89. The van der Waals surface area contributed by atoms with Crippen LogP contribution in [0.4, 0.5) is 10.2 Å². The van der Waals surface area contributed by atoms with E-state index in [4.69, 9.17) is 4.74 Å². The topological polar surface area (TPSA) is 34.2 Å². The smallest absolute Gasteiger partial charge is 0.214 e. The molecule has 2 rings (SSSR count). The van der Waals surface area contributed by atoms with E-state index in [1.54, 1.807) is 12.1 Å². The van der Waals surface area contributed by atoms with Crippen molar-refractivity contribution in [1.82, 2.24) is 4.98 Å². The number of ether oxygens (including phenoxy) is 1. The van der Waals surface area contributed by atoms with Crippen LogP contribution < -0.4 is 10.1 Å². The van der Waals surface area contributed by atoms with Crippen molar-refractivity contribution in [2.45, 2.75) is 39.8 Å². The van der Waals surface area contributed by atoms with Crippen molar-refractivity contribution in [3.8, 4) is 5.75 Å². The van der Waals surface area contributed by atoms with Gasteiger partial charge in [-0.05, 0) is 51.5 Å². The zero-order chi connectivity index (χ0) is 15.5. The van der Waals surface area contributed by atoms with E-state index in [2.05, 4.69) is 10.3 Å². The molecule has 21 heavy (non-hydrogen) atoms. The predicted molar refractivity (Wildman–Crippen MR) is 83.1 cm³/mol. The molecule has 0 amide bonds. The maximum absolute atomic E-state index is 13.1. The summed E-state index contributed by atoms with van der Waals surface area (Å²) in [6.45, 7) is 8.60. The second-order valence-corrected chi connectivity index (χ2v) is 6.02. The number of rotatable bonds is 4. The first-order valence-corrected chi connectivity index (χ1v) is 6.98. The molecule has 0 aliphatic carbocycles. The number of nitrogens with zero attached hydrogens (tertiary/aromatic N) is 1. The van der Waals surface area contributed by atoms with Crippen LogP contribution in [0.5, 0.6) is 5.75 Å². The van der Waals surface area contributed by atoms with Crippen molar-refractivity contribution < 1.29 is 9.13 Å². The van der Waals surface area contributed by atoms with Crippen molar-refractivity contribution in [2.24, 2.45) is 0 Å². The number of nitrogens with one attached hydrogen (secondary N) is 1. The summed E-state index contributed by atoms with van der Waals surface area (Å²) < 4.78 is 19.1. The van der Waals surface area contributed by atoms with E-state index in [0.717, 1.165) is 16.9 Å². The fraction of sp³-hybridized carbons (Fsp3) is 0.353. The van der Waals surface area contributed by atoms with Crippen LogP contribution in [0.2, 0.25) is 0 Å². The Morgan fingerprint density at radius 1 is 1.19 bits per heavy atom. The van der Waals surface area contributed by atoms with Gasteiger partial charge in [-0.2, -0.15) is 4.39 Å². The standard InChI is InChI=1S/C17H21FN2O/c1-12-8-9-13(14(10-12)21-17(2,3)4)11-19-16-7-5-6-15(18)20-16/h5-10H,11H2,1-4H3,(H,19,20). The molecule has 0 saturated carbocycles. The first-order chi connectivity index (χ1) is 9.83. The van der Waals surface area contributed by atoms with Gasteiger partial charge >= 0.3 is 0 Å². The monoisotopic (exact) mass is 288 g/mol. The molecule has 1 aromatic carbocycles. The first kappa shape index (κ1) is 15.3. The molecular formula is C17H21FN2O. The molecule has 0 atom stereocenters. The van der Waals surface area contributed by atoms with Crippen LogP contribution in [0.25, 0.3) is 0 Å². The van der Waals surface area contributed by atoms with Crippen LogP contribution in [0, 0.1) is 12.9 Å². The molecule has 0 unspecified atom stereocenters. The molecule has 1 heterocycles. The number of hydrogen-bond donors (Lipinski definition) is 1. The van der Waals surface area contributed by atoms with Gasteiger partial charge in [0.05, 0.1) is 0 Å². The molecule has 0 fully saturated rings. The first-order valence-electron chi connectivity index (χ1n) is 6.98. The van der Waals surface area contributed by atoms with Crippen molar-refractivity contribution in [3.05, 3.63) is 53.5 Å². The third-order valence-corrected chi connectivity index (χ3v) is 2.81. The van der Waals surface area contributed by atoms with E-state index in [1.165, 1.54) is 6.07 Å². The Morgan fingerprint density at radius 3 is 2.62 bits per heavy atom. The number of aryl methyl sites for hydroxylation is 1. The Hall–Kier alpha value is -2.10. The molecule has 1 N–H and O–H groups in total. The molecule has 0 saturated heterocycles. The van der Waals surface area contributed by atoms with E-state index in [1.807, 2.05) is 45.9 Å². The van der Waals surface area contributed by atoms with E-state index >= 15 is 0 Å². The van der Waals surface area contributed by atoms with Gasteiger partial charge in [0.1, 0.15) is 17.2 Å². The Labute approximate surface area is 125 Å². The van der Waals surface area contributed by atoms with Gasteiger partial charge in [0, 0.05) is 12.1 Å². The normalized spacial score (nSPS) is 11.3. The summed E-state index contributed by atoms with van der Waals surface area (Å²) in [6, 6.07) is 10.8. The zero-order valence-electron chi connectivity index (χ0n) is 12.9. The minimum Gasteiger partial charge on any atom is -0.488 e. The maximum atomic E-state index is 13.1. The van der Waals surface area contributed by atoms with Crippen LogP contribution in [-0.2, 0) is 6.54 Å². The van der Waals surface area contributed by atoms with Gasteiger partial charge in [-0.3, -0.25) is 0 Å². The molecular weight excluding hydrogens is 267 g/mol. The van der Waals surface area contributed by atoms with Crippen LogP contribution in [0.15, 0.2) is 36.4 Å². The van der Waals surface area contributed by atoms with E-state index in [-0.39, 0.29) is 5.60 Å². The summed E-state index contributed by atoms with van der Waals surface area (Å²) in [6.07, 6.45) is 0. The lowest BCUT2D eigenvalue weighted by molar-refractivity contribution is 0.129. The van der Waals surface area contributed by atoms with Crippen molar-refractivity contribution >= 4 is 5.82 Å². The van der Waals surface area contributed by atoms with E-state index in [9.17, 15) is 4.39 Å². The fourth-order valence-corrected chi connectivity index (χ4v) is 1.93. The highest BCUT2D eigenvalue weighted by Crippen LogP contribution is 2.25. The van der Waals surface area contributed by atoms with E-state index in [0.29, 0.717) is 12.4 Å².